The maximum atomic E-state index is 6.49. The van der Waals surface area contributed by atoms with Gasteiger partial charge in [0.2, 0.25) is 0 Å². The molecule has 2 nitrogen and oxygen atoms in total. The number of hydrogen-bond donors (Lipinski definition) is 1. The van der Waals surface area contributed by atoms with Crippen molar-refractivity contribution in [2.45, 2.75) is 44.8 Å². The lowest BCUT2D eigenvalue weighted by Gasteiger charge is -2.21. The van der Waals surface area contributed by atoms with E-state index in [-0.39, 0.29) is 11.6 Å². The maximum Gasteiger partial charge on any atom is 0.123 e. The molecular weight excluding hydrogens is 258 g/mol. The van der Waals surface area contributed by atoms with Gasteiger partial charge < -0.3 is 10.5 Å². The van der Waals surface area contributed by atoms with Gasteiger partial charge in [0, 0.05) is 18.4 Å². The van der Waals surface area contributed by atoms with Crippen molar-refractivity contribution < 1.29 is 4.74 Å². The summed E-state index contributed by atoms with van der Waals surface area (Å²) >= 11 is 0. The Morgan fingerprint density at radius 2 is 1.76 bits per heavy atom. The molecule has 0 saturated heterocycles. The van der Waals surface area contributed by atoms with Crippen molar-refractivity contribution in [3.05, 3.63) is 65.2 Å². The number of ether oxygens (including phenoxy) is 1. The lowest BCUT2D eigenvalue weighted by molar-refractivity contribution is 0.138. The summed E-state index contributed by atoms with van der Waals surface area (Å²) in [4.78, 5) is 0. The molecule has 0 saturated carbocycles. The Hall–Kier alpha value is -1.80. The smallest absolute Gasteiger partial charge is 0.123 e. The molecule has 2 aromatic rings. The molecule has 2 heteroatoms. The monoisotopic (exact) mass is 281 g/mol. The first-order valence-electron chi connectivity index (χ1n) is 7.59. The van der Waals surface area contributed by atoms with E-state index in [1.54, 1.807) is 0 Å². The second-order valence-corrected chi connectivity index (χ2v) is 6.63. The van der Waals surface area contributed by atoms with E-state index in [1.165, 1.54) is 16.7 Å². The minimum atomic E-state index is -0.101. The third-order valence-electron chi connectivity index (χ3n) is 4.34. The van der Waals surface area contributed by atoms with E-state index in [0.717, 1.165) is 12.2 Å². The Kier molecular flexibility index (Phi) is 3.50. The van der Waals surface area contributed by atoms with Gasteiger partial charge in [-0.1, -0.05) is 49.4 Å². The van der Waals surface area contributed by atoms with Crippen molar-refractivity contribution >= 4 is 0 Å². The molecule has 0 bridgehead atoms. The number of benzene rings is 2. The molecule has 0 aliphatic carbocycles. The average molecular weight is 281 g/mol. The summed E-state index contributed by atoms with van der Waals surface area (Å²) in [5, 5.41) is 0. The Bertz CT molecular complexity index is 633. The lowest BCUT2D eigenvalue weighted by Crippen LogP contribution is -2.24. The molecule has 2 aromatic carbocycles. The molecule has 110 valence electrons. The molecule has 1 aliphatic heterocycles. The highest BCUT2D eigenvalue weighted by atomic mass is 16.5. The number of rotatable bonds is 3. The van der Waals surface area contributed by atoms with Gasteiger partial charge in [0.15, 0.2) is 0 Å². The van der Waals surface area contributed by atoms with Crippen LogP contribution >= 0.6 is 0 Å². The zero-order valence-electron chi connectivity index (χ0n) is 13.0. The Labute approximate surface area is 126 Å². The predicted octanol–water partition coefficient (Wildman–Crippen LogP) is 4.20. The van der Waals surface area contributed by atoms with Crippen LogP contribution in [0.3, 0.4) is 0 Å². The van der Waals surface area contributed by atoms with Crippen LogP contribution in [0.15, 0.2) is 48.5 Å². The van der Waals surface area contributed by atoms with Crippen molar-refractivity contribution in [1.82, 2.24) is 0 Å². The second-order valence-electron chi connectivity index (χ2n) is 6.63. The molecule has 0 amide bonds. The average Bonchev–Trinajstić information content (AvgIpc) is 2.79. The van der Waals surface area contributed by atoms with Gasteiger partial charge in [0.25, 0.3) is 0 Å². The van der Waals surface area contributed by atoms with Crippen molar-refractivity contribution in [3.63, 3.8) is 0 Å². The molecule has 0 spiro atoms. The standard InChI is InChI=1S/C19H23NO/c1-13(14-7-5-4-6-8-14)18(20)15-9-10-17-16(11-15)12-19(2,3)21-17/h4-11,13,18H,12,20H2,1-3H3. The van der Waals surface area contributed by atoms with E-state index in [1.807, 2.05) is 6.07 Å². The van der Waals surface area contributed by atoms with Crippen molar-refractivity contribution in [3.8, 4) is 5.75 Å². The van der Waals surface area contributed by atoms with E-state index in [0.29, 0.717) is 5.92 Å². The molecule has 21 heavy (non-hydrogen) atoms. The van der Waals surface area contributed by atoms with E-state index in [9.17, 15) is 0 Å². The fourth-order valence-corrected chi connectivity index (χ4v) is 3.09. The second kappa shape index (κ2) is 5.19. The summed E-state index contributed by atoms with van der Waals surface area (Å²) < 4.78 is 5.93. The van der Waals surface area contributed by atoms with Crippen molar-refractivity contribution in [1.29, 1.82) is 0 Å². The molecule has 0 radical (unpaired) electrons. The van der Waals surface area contributed by atoms with Crippen LogP contribution < -0.4 is 10.5 Å². The molecule has 2 unspecified atom stereocenters. The summed E-state index contributed by atoms with van der Waals surface area (Å²) in [5.41, 5.74) is 10.1. The van der Waals surface area contributed by atoms with E-state index in [2.05, 4.69) is 63.2 Å². The number of fused-ring (bicyclic) bond motifs is 1. The SMILES string of the molecule is CC(c1ccccc1)C(N)c1ccc2c(c1)CC(C)(C)O2. The minimum absolute atomic E-state index is 0.00131. The van der Waals surface area contributed by atoms with Gasteiger partial charge in [0.05, 0.1) is 0 Å². The maximum absolute atomic E-state index is 6.49. The fourth-order valence-electron chi connectivity index (χ4n) is 3.09. The van der Waals surface area contributed by atoms with Gasteiger partial charge in [-0.15, -0.1) is 0 Å². The summed E-state index contributed by atoms with van der Waals surface area (Å²) in [5.74, 6) is 1.29. The van der Waals surface area contributed by atoms with Crippen LogP contribution in [0, 0.1) is 0 Å². The van der Waals surface area contributed by atoms with Crippen LogP contribution in [-0.4, -0.2) is 5.60 Å². The Morgan fingerprint density at radius 1 is 1.05 bits per heavy atom. The van der Waals surface area contributed by atoms with E-state index >= 15 is 0 Å². The van der Waals surface area contributed by atoms with E-state index in [4.69, 9.17) is 10.5 Å². The highest BCUT2D eigenvalue weighted by Gasteiger charge is 2.30. The zero-order valence-corrected chi connectivity index (χ0v) is 13.0. The van der Waals surface area contributed by atoms with Crippen LogP contribution in [0.4, 0.5) is 0 Å². The minimum Gasteiger partial charge on any atom is -0.487 e. The summed E-state index contributed by atoms with van der Waals surface area (Å²) in [6.45, 7) is 6.44. The van der Waals surface area contributed by atoms with Gasteiger partial charge in [0.1, 0.15) is 11.4 Å². The number of nitrogens with two attached hydrogens (primary N) is 1. The van der Waals surface area contributed by atoms with Gasteiger partial charge in [-0.2, -0.15) is 0 Å². The normalized spacial score (nSPS) is 18.7. The van der Waals surface area contributed by atoms with Crippen molar-refractivity contribution in [2.75, 3.05) is 0 Å². The van der Waals surface area contributed by atoms with E-state index < -0.39 is 0 Å². The molecular formula is C19H23NO. The lowest BCUT2D eigenvalue weighted by atomic mass is 9.88. The number of hydrogen-bond acceptors (Lipinski definition) is 2. The molecule has 3 rings (SSSR count). The third-order valence-corrected chi connectivity index (χ3v) is 4.34. The van der Waals surface area contributed by atoms with Gasteiger partial charge in [-0.25, -0.2) is 0 Å². The highest BCUT2D eigenvalue weighted by molar-refractivity contribution is 5.43. The highest BCUT2D eigenvalue weighted by Crippen LogP contribution is 2.37. The van der Waals surface area contributed by atoms with Gasteiger partial charge in [-0.3, -0.25) is 0 Å². The Morgan fingerprint density at radius 3 is 2.48 bits per heavy atom. The Balaban J connectivity index is 1.85. The topological polar surface area (TPSA) is 35.2 Å². The van der Waals surface area contributed by atoms with Gasteiger partial charge >= 0.3 is 0 Å². The first-order chi connectivity index (χ1) is 9.96. The fraction of sp³-hybridized carbons (Fsp3) is 0.368. The van der Waals surface area contributed by atoms with Crippen LogP contribution in [0.1, 0.15) is 49.4 Å². The predicted molar refractivity (Wildman–Crippen MR) is 86.6 cm³/mol. The summed E-state index contributed by atoms with van der Waals surface area (Å²) in [6, 6.07) is 16.8. The largest absolute Gasteiger partial charge is 0.487 e. The summed E-state index contributed by atoms with van der Waals surface area (Å²) in [7, 11) is 0. The molecule has 2 atom stereocenters. The quantitative estimate of drug-likeness (QED) is 0.915. The molecule has 0 fully saturated rings. The van der Waals surface area contributed by atoms with Crippen LogP contribution in [0.5, 0.6) is 5.75 Å². The van der Waals surface area contributed by atoms with Crippen LogP contribution in [0.25, 0.3) is 0 Å². The third kappa shape index (κ3) is 2.81. The molecule has 1 aliphatic rings. The van der Waals surface area contributed by atoms with Crippen LogP contribution in [0.2, 0.25) is 0 Å². The van der Waals surface area contributed by atoms with Gasteiger partial charge in [-0.05, 0) is 36.6 Å². The summed E-state index contributed by atoms with van der Waals surface area (Å²) in [6.07, 6.45) is 0.947. The first-order valence-corrected chi connectivity index (χ1v) is 7.59. The van der Waals surface area contributed by atoms with Crippen LogP contribution in [-0.2, 0) is 6.42 Å². The molecule has 2 N–H and O–H groups in total. The molecule has 1 heterocycles. The molecule has 0 aromatic heterocycles. The first kappa shape index (κ1) is 14.2. The zero-order chi connectivity index (χ0) is 15.0. The van der Waals surface area contributed by atoms with Crippen molar-refractivity contribution in [2.24, 2.45) is 5.73 Å².